The minimum Gasteiger partial charge on any atom is -0.459 e. The topological polar surface area (TPSA) is 52.3 Å². The van der Waals surface area contributed by atoms with Crippen molar-refractivity contribution in [2.45, 2.75) is 42.8 Å². The molecule has 2 saturated carbocycles. The van der Waals surface area contributed by atoms with Crippen molar-refractivity contribution in [3.8, 4) is 11.3 Å². The molecule has 3 aliphatic rings. The average molecular weight is 416 g/mol. The lowest BCUT2D eigenvalue weighted by molar-refractivity contribution is -0.153. The first-order valence-corrected chi connectivity index (χ1v) is 12.2. The van der Waals surface area contributed by atoms with E-state index in [0.29, 0.717) is 27.4 Å². The predicted octanol–water partition coefficient (Wildman–Crippen LogP) is 5.39. The van der Waals surface area contributed by atoms with Gasteiger partial charge in [-0.1, -0.05) is 41.9 Å². The molecule has 5 rings (SSSR count). The second-order valence-corrected chi connectivity index (χ2v) is 11.1. The van der Waals surface area contributed by atoms with Crippen molar-refractivity contribution in [1.82, 2.24) is 5.16 Å². The molecule has 3 atom stereocenters. The van der Waals surface area contributed by atoms with Crippen LogP contribution in [0.15, 0.2) is 40.9 Å². The molecule has 2 bridgehead atoms. The Morgan fingerprint density at radius 1 is 1.14 bits per heavy atom. The number of rotatable bonds is 4. The molecule has 4 nitrogen and oxygen atoms in total. The SMILES string of the molecule is O=C(OCc1cc(-c2ccccc2)on1)C1C[C@H]2CCC[C@@H](C1)C21SCCS1. The summed E-state index contributed by atoms with van der Waals surface area (Å²) in [4.78, 5) is 12.8. The fraction of sp³-hybridized carbons (Fsp3) is 0.545. The fourth-order valence-corrected chi connectivity index (χ4v) is 9.12. The van der Waals surface area contributed by atoms with Crippen molar-refractivity contribution in [1.29, 1.82) is 0 Å². The van der Waals surface area contributed by atoms with Crippen LogP contribution < -0.4 is 0 Å². The molecule has 1 saturated heterocycles. The molecule has 3 fully saturated rings. The molecular weight excluding hydrogens is 390 g/mol. The molecule has 2 aliphatic carbocycles. The first-order chi connectivity index (χ1) is 13.7. The quantitative estimate of drug-likeness (QED) is 0.624. The number of esters is 1. The molecule has 28 heavy (non-hydrogen) atoms. The summed E-state index contributed by atoms with van der Waals surface area (Å²) in [7, 11) is 0. The first kappa shape index (κ1) is 18.6. The molecule has 0 radical (unpaired) electrons. The van der Waals surface area contributed by atoms with Crippen molar-refractivity contribution in [2.75, 3.05) is 11.5 Å². The Balaban J connectivity index is 1.21. The summed E-state index contributed by atoms with van der Waals surface area (Å²) in [5.41, 5.74) is 1.64. The van der Waals surface area contributed by atoms with Crippen LogP contribution in [0.3, 0.4) is 0 Å². The monoisotopic (exact) mass is 415 g/mol. The molecule has 1 spiro atoms. The zero-order valence-corrected chi connectivity index (χ0v) is 17.5. The Kier molecular flexibility index (Phi) is 5.18. The number of carbonyl (C=O) groups is 1. The van der Waals surface area contributed by atoms with Gasteiger partial charge >= 0.3 is 5.97 Å². The van der Waals surface area contributed by atoms with E-state index in [1.54, 1.807) is 0 Å². The highest BCUT2D eigenvalue weighted by Crippen LogP contribution is 2.64. The van der Waals surface area contributed by atoms with Gasteiger partial charge in [0.1, 0.15) is 12.3 Å². The van der Waals surface area contributed by atoms with E-state index in [0.717, 1.165) is 18.4 Å². The van der Waals surface area contributed by atoms with Gasteiger partial charge in [0.2, 0.25) is 0 Å². The predicted molar refractivity (Wildman–Crippen MR) is 113 cm³/mol. The van der Waals surface area contributed by atoms with Gasteiger partial charge in [0.05, 0.1) is 10.00 Å². The van der Waals surface area contributed by atoms with Gasteiger partial charge in [-0.15, -0.1) is 23.5 Å². The van der Waals surface area contributed by atoms with E-state index >= 15 is 0 Å². The van der Waals surface area contributed by atoms with Crippen molar-refractivity contribution < 1.29 is 14.1 Å². The van der Waals surface area contributed by atoms with E-state index in [2.05, 4.69) is 28.7 Å². The Labute approximate surface area is 174 Å². The number of hydrogen-bond donors (Lipinski definition) is 0. The molecule has 6 heteroatoms. The van der Waals surface area contributed by atoms with Crippen LogP contribution >= 0.6 is 23.5 Å². The number of hydrogen-bond acceptors (Lipinski definition) is 6. The number of ether oxygens (including phenoxy) is 1. The van der Waals surface area contributed by atoms with Gasteiger partial charge in [0, 0.05) is 23.1 Å². The van der Waals surface area contributed by atoms with Crippen LogP contribution in [0.2, 0.25) is 0 Å². The summed E-state index contributed by atoms with van der Waals surface area (Å²) in [5.74, 6) is 4.55. The van der Waals surface area contributed by atoms with Gasteiger partial charge in [0.25, 0.3) is 0 Å². The number of thioether (sulfide) groups is 2. The van der Waals surface area contributed by atoms with Gasteiger partial charge in [-0.25, -0.2) is 0 Å². The van der Waals surface area contributed by atoms with Crippen molar-refractivity contribution in [3.05, 3.63) is 42.1 Å². The van der Waals surface area contributed by atoms with Crippen molar-refractivity contribution >= 4 is 29.5 Å². The number of nitrogens with zero attached hydrogens (tertiary/aromatic N) is 1. The van der Waals surface area contributed by atoms with Crippen molar-refractivity contribution in [3.63, 3.8) is 0 Å². The van der Waals surface area contributed by atoms with Gasteiger partial charge in [-0.3, -0.25) is 4.79 Å². The molecule has 148 valence electrons. The lowest BCUT2D eigenvalue weighted by Crippen LogP contribution is -2.48. The van der Waals surface area contributed by atoms with Gasteiger partial charge < -0.3 is 9.26 Å². The second kappa shape index (κ2) is 7.79. The van der Waals surface area contributed by atoms with Crippen LogP contribution in [0, 0.1) is 17.8 Å². The molecule has 1 aromatic carbocycles. The second-order valence-electron chi connectivity index (χ2n) is 8.07. The molecule has 1 aromatic heterocycles. The summed E-state index contributed by atoms with van der Waals surface area (Å²) in [6, 6.07) is 11.7. The van der Waals surface area contributed by atoms with E-state index in [-0.39, 0.29) is 18.5 Å². The van der Waals surface area contributed by atoms with Crippen LogP contribution in [0.1, 0.15) is 37.8 Å². The minimum atomic E-state index is -0.0518. The number of aromatic nitrogens is 1. The van der Waals surface area contributed by atoms with E-state index in [4.69, 9.17) is 9.26 Å². The normalized spacial score (nSPS) is 28.4. The van der Waals surface area contributed by atoms with E-state index < -0.39 is 0 Å². The molecule has 1 unspecified atom stereocenters. The van der Waals surface area contributed by atoms with Gasteiger partial charge in [-0.05, 0) is 37.5 Å². The van der Waals surface area contributed by atoms with Crippen LogP contribution in [0.25, 0.3) is 11.3 Å². The zero-order chi connectivity index (χ0) is 19.0. The maximum absolute atomic E-state index is 12.8. The Bertz CT molecular complexity index is 815. The summed E-state index contributed by atoms with van der Waals surface area (Å²) in [5, 5.41) is 4.07. The van der Waals surface area contributed by atoms with Gasteiger partial charge in [0.15, 0.2) is 5.76 Å². The lowest BCUT2D eigenvalue weighted by atomic mass is 9.67. The summed E-state index contributed by atoms with van der Waals surface area (Å²) in [6.07, 6.45) is 5.84. The van der Waals surface area contributed by atoms with E-state index in [1.165, 1.54) is 30.8 Å². The molecule has 2 aromatic rings. The third-order valence-electron chi connectivity index (χ3n) is 6.43. The van der Waals surface area contributed by atoms with Crippen LogP contribution in [-0.4, -0.2) is 26.7 Å². The zero-order valence-electron chi connectivity index (χ0n) is 15.8. The van der Waals surface area contributed by atoms with Crippen molar-refractivity contribution in [2.24, 2.45) is 17.8 Å². The lowest BCUT2D eigenvalue weighted by Gasteiger charge is -2.51. The standard InChI is InChI=1S/C22H25NO3S2/c24-21(25-14-19-13-20(26-23-19)15-5-2-1-3-6-15)16-11-17-7-4-8-18(12-16)22(17)27-9-10-28-22/h1-3,5-6,13,16-18H,4,7-12,14H2/t16?,17-,18+. The Hall–Kier alpha value is -1.40. The van der Waals surface area contributed by atoms with Crippen LogP contribution in [0.4, 0.5) is 0 Å². The summed E-state index contributed by atoms with van der Waals surface area (Å²) in [6.45, 7) is 0.190. The maximum atomic E-state index is 12.8. The average Bonchev–Trinajstić information content (AvgIpc) is 3.37. The first-order valence-electron chi connectivity index (χ1n) is 10.2. The Morgan fingerprint density at radius 3 is 2.57 bits per heavy atom. The smallest absolute Gasteiger partial charge is 0.309 e. The molecule has 0 amide bonds. The van der Waals surface area contributed by atoms with E-state index in [1.807, 2.05) is 36.4 Å². The van der Waals surface area contributed by atoms with Crippen LogP contribution in [0.5, 0.6) is 0 Å². The fourth-order valence-electron chi connectivity index (χ4n) is 5.18. The third-order valence-corrected chi connectivity index (χ3v) is 10.5. The van der Waals surface area contributed by atoms with Crippen LogP contribution in [-0.2, 0) is 16.1 Å². The number of benzene rings is 1. The van der Waals surface area contributed by atoms with Gasteiger partial charge in [-0.2, -0.15) is 0 Å². The minimum absolute atomic E-state index is 0.0446. The van der Waals surface area contributed by atoms with E-state index in [9.17, 15) is 4.79 Å². The number of carbonyl (C=O) groups excluding carboxylic acids is 1. The highest BCUT2D eigenvalue weighted by molar-refractivity contribution is 8.21. The summed E-state index contributed by atoms with van der Waals surface area (Å²) < 4.78 is 11.5. The molecule has 2 heterocycles. The highest BCUT2D eigenvalue weighted by atomic mass is 32.2. The molecule has 0 N–H and O–H groups in total. The third kappa shape index (κ3) is 3.39. The summed E-state index contributed by atoms with van der Waals surface area (Å²) >= 11 is 4.34. The molecular formula is C22H25NO3S2. The highest BCUT2D eigenvalue weighted by Gasteiger charge is 2.55. The Morgan fingerprint density at radius 2 is 1.86 bits per heavy atom. The largest absolute Gasteiger partial charge is 0.459 e. The molecule has 1 aliphatic heterocycles. The maximum Gasteiger partial charge on any atom is 0.309 e.